The normalized spacial score (nSPS) is 23.6. The summed E-state index contributed by atoms with van der Waals surface area (Å²) in [6.07, 6.45) is 42.6. The first kappa shape index (κ1) is 84.6. The van der Waals surface area contributed by atoms with Gasteiger partial charge in [-0.15, -0.1) is 0 Å². The maximum absolute atomic E-state index is 4.39. The van der Waals surface area contributed by atoms with E-state index in [-0.39, 0.29) is 0 Å². The molecule has 5 saturated carbocycles. The van der Waals surface area contributed by atoms with Crippen LogP contribution in [0, 0.1) is 29.6 Å². The highest BCUT2D eigenvalue weighted by Gasteiger charge is 2.27. The molecule has 0 radical (unpaired) electrons. The zero-order valence-electron chi connectivity index (χ0n) is 62.8. The van der Waals surface area contributed by atoms with Crippen molar-refractivity contribution in [2.45, 2.75) is 302 Å². The molecular formula is C81H142N10. The fourth-order valence-electron chi connectivity index (χ4n) is 13.1. The molecule has 5 aliphatic rings. The van der Waals surface area contributed by atoms with Gasteiger partial charge in [0.15, 0.2) is 0 Å². The van der Waals surface area contributed by atoms with Gasteiger partial charge in [-0.05, 0) is 259 Å². The zero-order chi connectivity index (χ0) is 67.8. The van der Waals surface area contributed by atoms with E-state index in [9.17, 15) is 0 Å². The molecule has 0 saturated heterocycles. The fraction of sp³-hybridized carbons (Fsp3) is 0.691. The Hall–Kier alpha value is -4.45. The molecule has 5 aromatic rings. The lowest BCUT2D eigenvalue weighted by Crippen LogP contribution is -2.36. The van der Waals surface area contributed by atoms with Crippen LogP contribution < -0.4 is 0 Å². The van der Waals surface area contributed by atoms with Crippen molar-refractivity contribution in [3.8, 4) is 0 Å². The zero-order valence-corrected chi connectivity index (χ0v) is 62.8. The predicted octanol–water partition coefficient (Wildman–Crippen LogP) is 21.2. The second-order valence-electron chi connectivity index (χ2n) is 26.2. The Morgan fingerprint density at radius 1 is 0.319 bits per heavy atom. The summed E-state index contributed by atoms with van der Waals surface area (Å²) >= 11 is 0. The van der Waals surface area contributed by atoms with Gasteiger partial charge >= 0.3 is 0 Å². The third-order valence-corrected chi connectivity index (χ3v) is 19.4. The summed E-state index contributed by atoms with van der Waals surface area (Å²) in [6.45, 7) is 38.2. The van der Waals surface area contributed by atoms with Crippen molar-refractivity contribution in [3.63, 3.8) is 0 Å². The fourth-order valence-corrected chi connectivity index (χ4v) is 13.1. The van der Waals surface area contributed by atoms with Crippen LogP contribution in [0.1, 0.15) is 273 Å². The van der Waals surface area contributed by atoms with Gasteiger partial charge < -0.3 is 0 Å². The van der Waals surface area contributed by atoms with Gasteiger partial charge in [0.05, 0.1) is 11.4 Å². The Morgan fingerprint density at radius 3 is 0.846 bits per heavy atom. The van der Waals surface area contributed by atoms with E-state index in [4.69, 9.17) is 0 Å². The summed E-state index contributed by atoms with van der Waals surface area (Å²) in [5.74, 6) is 4.65. The molecule has 0 aromatic carbocycles. The van der Waals surface area contributed by atoms with E-state index in [1.807, 2.05) is 149 Å². The lowest BCUT2D eigenvalue weighted by molar-refractivity contribution is 0.131. The van der Waals surface area contributed by atoms with Crippen molar-refractivity contribution in [1.82, 2.24) is 49.4 Å². The Balaban J connectivity index is 0.000000549. The molecule has 10 heteroatoms. The number of hydrogen-bond acceptors (Lipinski definition) is 10. The van der Waals surface area contributed by atoms with Gasteiger partial charge in [-0.3, -0.25) is 49.4 Å². The highest BCUT2D eigenvalue weighted by Crippen LogP contribution is 2.33. The third kappa shape index (κ3) is 35.6. The quantitative estimate of drug-likeness (QED) is 0.101. The van der Waals surface area contributed by atoms with Gasteiger partial charge in [0.25, 0.3) is 0 Å². The van der Waals surface area contributed by atoms with Gasteiger partial charge in [0, 0.05) is 112 Å². The molecule has 0 aliphatic heterocycles. The SMILES string of the molecule is CC.CC.CC.CC.CC.CC1CCC(N(C)C(C)c2cccnc2)CC1.CC1CCC(N(C)Cc2ccccn2)CC1.CC1CCC(N(C)Cc2ccccn2)CC1.CC1CCC(N(C)Cc2cccnc2)CC1.CC1CCC(N(C)Cc2cccnc2)CC1. The van der Waals surface area contributed by atoms with Gasteiger partial charge in [0.1, 0.15) is 0 Å². The molecule has 10 nitrogen and oxygen atoms in total. The summed E-state index contributed by atoms with van der Waals surface area (Å²) < 4.78 is 0. The van der Waals surface area contributed by atoms with Crippen LogP contribution >= 0.6 is 0 Å². The van der Waals surface area contributed by atoms with Crippen molar-refractivity contribution >= 4 is 0 Å². The molecule has 10 rings (SSSR count). The van der Waals surface area contributed by atoms with Gasteiger partial charge in [-0.2, -0.15) is 0 Å². The second-order valence-corrected chi connectivity index (χ2v) is 26.2. The van der Waals surface area contributed by atoms with Crippen LogP contribution in [0.4, 0.5) is 0 Å². The van der Waals surface area contributed by atoms with E-state index in [2.05, 4.69) is 169 Å². The number of aromatic nitrogens is 5. The topological polar surface area (TPSA) is 80.7 Å². The van der Waals surface area contributed by atoms with E-state index in [0.717, 1.165) is 86.0 Å². The van der Waals surface area contributed by atoms with Crippen molar-refractivity contribution < 1.29 is 0 Å². The van der Waals surface area contributed by atoms with Gasteiger partial charge in [-0.25, -0.2) is 0 Å². The number of nitrogens with zero attached hydrogens (tertiary/aromatic N) is 10. The third-order valence-electron chi connectivity index (χ3n) is 19.4. The van der Waals surface area contributed by atoms with Gasteiger partial charge in [-0.1, -0.05) is 134 Å². The van der Waals surface area contributed by atoms with Crippen LogP contribution in [0.3, 0.4) is 0 Å². The molecule has 5 aliphatic carbocycles. The maximum atomic E-state index is 4.39. The Morgan fingerprint density at radius 2 is 0.593 bits per heavy atom. The van der Waals surface area contributed by atoms with E-state index in [1.54, 1.807) is 0 Å². The molecule has 0 amide bonds. The minimum absolute atomic E-state index is 0.474. The molecule has 5 aromatic heterocycles. The Bertz CT molecular complexity index is 2040. The molecule has 91 heavy (non-hydrogen) atoms. The largest absolute Gasteiger partial charge is 0.299 e. The summed E-state index contributed by atoms with van der Waals surface area (Å²) in [4.78, 5) is 33.8. The van der Waals surface area contributed by atoms with E-state index < -0.39 is 0 Å². The Labute approximate surface area is 563 Å². The summed E-state index contributed by atoms with van der Waals surface area (Å²) in [6, 6.07) is 29.2. The highest BCUT2D eigenvalue weighted by molar-refractivity contribution is 5.14. The smallest absolute Gasteiger partial charge is 0.0543 e. The summed E-state index contributed by atoms with van der Waals surface area (Å²) in [7, 11) is 11.2. The minimum atomic E-state index is 0.474. The number of rotatable bonds is 15. The average molecular weight is 1260 g/mol. The van der Waals surface area contributed by atoms with E-state index >= 15 is 0 Å². The molecule has 1 atom stereocenters. The molecule has 5 fully saturated rings. The summed E-state index contributed by atoms with van der Waals surface area (Å²) in [5, 5.41) is 0. The summed E-state index contributed by atoms with van der Waals surface area (Å²) in [5.41, 5.74) is 6.34. The van der Waals surface area contributed by atoms with Crippen molar-refractivity contribution in [3.05, 3.63) is 150 Å². The van der Waals surface area contributed by atoms with Crippen LogP contribution in [0.2, 0.25) is 0 Å². The average Bonchev–Trinajstić information content (AvgIpc) is 3.50. The molecule has 5 heterocycles. The second kappa shape index (κ2) is 52.9. The first-order chi connectivity index (χ1) is 44.2. The molecule has 1 unspecified atom stereocenters. The van der Waals surface area contributed by atoms with Crippen molar-refractivity contribution in [1.29, 1.82) is 0 Å². The molecular weight excluding hydrogens is 1110 g/mol. The minimum Gasteiger partial charge on any atom is -0.299 e. The van der Waals surface area contributed by atoms with E-state index in [1.165, 1.54) is 156 Å². The van der Waals surface area contributed by atoms with Crippen molar-refractivity contribution in [2.75, 3.05) is 35.2 Å². The molecule has 0 N–H and O–H groups in total. The predicted molar refractivity (Wildman–Crippen MR) is 397 cm³/mol. The van der Waals surface area contributed by atoms with Crippen LogP contribution in [0.15, 0.2) is 122 Å². The van der Waals surface area contributed by atoms with E-state index in [0.29, 0.717) is 6.04 Å². The van der Waals surface area contributed by atoms with Crippen LogP contribution in [0.5, 0.6) is 0 Å². The van der Waals surface area contributed by atoms with Crippen LogP contribution in [0.25, 0.3) is 0 Å². The lowest BCUT2D eigenvalue weighted by atomic mass is 9.86. The van der Waals surface area contributed by atoms with Crippen LogP contribution in [-0.4, -0.2) is 115 Å². The monoisotopic (exact) mass is 1260 g/mol. The number of hydrogen-bond donors (Lipinski definition) is 0. The van der Waals surface area contributed by atoms with Gasteiger partial charge in [0.2, 0.25) is 0 Å². The van der Waals surface area contributed by atoms with Crippen LogP contribution in [-0.2, 0) is 26.2 Å². The molecule has 0 spiro atoms. The molecule has 0 bridgehead atoms. The highest BCUT2D eigenvalue weighted by atomic mass is 15.2. The first-order valence-corrected chi connectivity index (χ1v) is 37.2. The van der Waals surface area contributed by atoms with Crippen molar-refractivity contribution in [2.24, 2.45) is 29.6 Å². The maximum Gasteiger partial charge on any atom is 0.0543 e. The Kier molecular flexibility index (Phi) is 49.1. The lowest BCUT2D eigenvalue weighted by Gasteiger charge is -2.37. The first-order valence-electron chi connectivity index (χ1n) is 37.2. The number of pyridine rings is 5. The standard InChI is InChI=1S/C15H24N2.4C14H22N2.5C2H6/c1-12-6-8-15(9-7-12)17(3)13(2)14-5-4-10-16-11-14;2*1-12-5-7-14(8-6-12)16(2)11-13-4-3-9-15-10-13;2*1-12-6-8-14(9-7-12)16(2)11-13-5-3-4-10-15-13;5*1-2/h4-5,10-13,15H,6-9H2,1-3H3;2*3-4,9-10,12,14H,5-8,11H2,1-2H3;2*3-5,10,12,14H,6-9,11H2,1-2H3;5*1-2H3. The molecule has 516 valence electrons.